The van der Waals surface area contributed by atoms with Crippen molar-refractivity contribution in [3.05, 3.63) is 42.5 Å². The second-order valence-corrected chi connectivity index (χ2v) is 5.30. The molecule has 3 nitrogen and oxygen atoms in total. The van der Waals surface area contributed by atoms with Crippen molar-refractivity contribution in [1.29, 1.82) is 5.26 Å². The van der Waals surface area contributed by atoms with E-state index in [1.807, 2.05) is 6.07 Å². The summed E-state index contributed by atoms with van der Waals surface area (Å²) in [7, 11) is -3.22. The first-order valence-corrected chi connectivity index (χ1v) is 6.62. The molecule has 0 aliphatic carbocycles. The van der Waals surface area contributed by atoms with Gasteiger partial charge in [0, 0.05) is 6.42 Å². The average Bonchev–Trinajstić information content (AvgIpc) is 2.30. The highest BCUT2D eigenvalue weighted by atomic mass is 32.2. The maximum atomic E-state index is 11.7. The van der Waals surface area contributed by atoms with Crippen LogP contribution in [0.25, 0.3) is 0 Å². The molecular formula is C12H13NO2S. The molecule has 0 aliphatic heterocycles. The summed E-state index contributed by atoms with van der Waals surface area (Å²) in [5.41, 5.74) is 0. The third kappa shape index (κ3) is 3.87. The number of nitrogens with zero attached hydrogens (tertiary/aromatic N) is 1. The molecule has 0 saturated carbocycles. The van der Waals surface area contributed by atoms with Gasteiger partial charge in [-0.1, -0.05) is 30.4 Å². The Kier molecular flexibility index (Phi) is 4.74. The van der Waals surface area contributed by atoms with Crippen LogP contribution in [0.15, 0.2) is 47.4 Å². The fourth-order valence-electron chi connectivity index (χ4n) is 1.18. The average molecular weight is 235 g/mol. The Morgan fingerprint density at radius 1 is 1.19 bits per heavy atom. The lowest BCUT2D eigenvalue weighted by atomic mass is 10.3. The van der Waals surface area contributed by atoms with Crippen LogP contribution in [-0.4, -0.2) is 14.2 Å². The van der Waals surface area contributed by atoms with Crippen molar-refractivity contribution in [2.75, 3.05) is 5.75 Å². The first-order valence-electron chi connectivity index (χ1n) is 4.96. The quantitative estimate of drug-likeness (QED) is 0.581. The summed E-state index contributed by atoms with van der Waals surface area (Å²) >= 11 is 0. The Bertz CT molecular complexity index is 484. The van der Waals surface area contributed by atoms with Crippen molar-refractivity contribution in [2.24, 2.45) is 0 Å². The van der Waals surface area contributed by atoms with E-state index < -0.39 is 9.84 Å². The molecule has 4 heteroatoms. The third-order valence-electron chi connectivity index (χ3n) is 2.01. The van der Waals surface area contributed by atoms with Gasteiger partial charge in [-0.05, 0) is 18.6 Å². The molecular weight excluding hydrogens is 222 g/mol. The number of hydrogen-bond donors (Lipinski definition) is 0. The first kappa shape index (κ1) is 12.5. The van der Waals surface area contributed by atoms with Gasteiger partial charge in [0.1, 0.15) is 0 Å². The van der Waals surface area contributed by atoms with E-state index >= 15 is 0 Å². The minimum Gasteiger partial charge on any atom is -0.223 e. The van der Waals surface area contributed by atoms with E-state index in [1.54, 1.807) is 42.5 Å². The minimum absolute atomic E-state index is 0.0115. The monoisotopic (exact) mass is 235 g/mol. The third-order valence-corrected chi connectivity index (χ3v) is 3.63. The Morgan fingerprint density at radius 3 is 2.50 bits per heavy atom. The van der Waals surface area contributed by atoms with Gasteiger partial charge in [-0.25, -0.2) is 8.42 Å². The van der Waals surface area contributed by atoms with Crippen molar-refractivity contribution in [1.82, 2.24) is 0 Å². The zero-order valence-electron chi connectivity index (χ0n) is 8.83. The van der Waals surface area contributed by atoms with Crippen molar-refractivity contribution in [2.45, 2.75) is 17.7 Å². The van der Waals surface area contributed by atoms with Crippen molar-refractivity contribution in [3.8, 4) is 6.07 Å². The molecule has 0 amide bonds. The summed E-state index contributed by atoms with van der Waals surface area (Å²) < 4.78 is 23.5. The number of allylic oxidation sites excluding steroid dienone is 1. The lowest BCUT2D eigenvalue weighted by Gasteiger charge is -1.99. The second kappa shape index (κ2) is 6.09. The number of sulfone groups is 1. The largest absolute Gasteiger partial charge is 0.223 e. The normalized spacial score (nSPS) is 11.4. The summed E-state index contributed by atoms with van der Waals surface area (Å²) in [6.45, 7) is 0. The molecule has 1 aromatic carbocycles. The van der Waals surface area contributed by atoms with E-state index in [1.165, 1.54) is 0 Å². The molecule has 16 heavy (non-hydrogen) atoms. The van der Waals surface area contributed by atoms with Crippen LogP contribution < -0.4 is 0 Å². The van der Waals surface area contributed by atoms with Crippen LogP contribution in [0.1, 0.15) is 12.8 Å². The van der Waals surface area contributed by atoms with Crippen molar-refractivity contribution < 1.29 is 8.42 Å². The molecule has 1 rings (SSSR count). The predicted molar refractivity (Wildman–Crippen MR) is 62.5 cm³/mol. The second-order valence-electron chi connectivity index (χ2n) is 3.26. The Labute approximate surface area is 95.9 Å². The topological polar surface area (TPSA) is 57.9 Å². The molecule has 0 N–H and O–H groups in total. The highest BCUT2D eigenvalue weighted by Gasteiger charge is 2.10. The summed E-state index contributed by atoms with van der Waals surface area (Å²) in [6, 6.07) is 10.3. The van der Waals surface area contributed by atoms with E-state index in [4.69, 9.17) is 5.26 Å². The molecule has 0 heterocycles. The SMILES string of the molecule is N#CCC/C=C/CS(=O)(=O)c1ccccc1. The van der Waals surface area contributed by atoms with E-state index in [2.05, 4.69) is 0 Å². The minimum atomic E-state index is -3.22. The van der Waals surface area contributed by atoms with Gasteiger partial charge in [0.05, 0.1) is 16.7 Å². The summed E-state index contributed by atoms with van der Waals surface area (Å²) in [5, 5.41) is 8.30. The molecule has 0 fully saturated rings. The molecule has 0 bridgehead atoms. The fourth-order valence-corrected chi connectivity index (χ4v) is 2.34. The summed E-state index contributed by atoms with van der Waals surface area (Å²) in [6.07, 6.45) is 4.34. The van der Waals surface area contributed by atoms with Gasteiger partial charge in [0.25, 0.3) is 0 Å². The molecule has 0 aromatic heterocycles. The molecule has 1 aromatic rings. The van der Waals surface area contributed by atoms with Crippen LogP contribution in [0.2, 0.25) is 0 Å². The Morgan fingerprint density at radius 2 is 1.88 bits per heavy atom. The van der Waals surface area contributed by atoms with Gasteiger partial charge in [0.15, 0.2) is 9.84 Å². The van der Waals surface area contributed by atoms with E-state index in [-0.39, 0.29) is 5.75 Å². The van der Waals surface area contributed by atoms with Gasteiger partial charge >= 0.3 is 0 Å². The van der Waals surface area contributed by atoms with Crippen LogP contribution in [0.3, 0.4) is 0 Å². The molecule has 0 saturated heterocycles. The molecule has 0 radical (unpaired) electrons. The smallest absolute Gasteiger partial charge is 0.181 e. The highest BCUT2D eigenvalue weighted by molar-refractivity contribution is 7.91. The lowest BCUT2D eigenvalue weighted by Crippen LogP contribution is -2.04. The standard InChI is InChI=1S/C12H13NO2S/c13-10-6-1-2-7-11-16(14,15)12-8-4-3-5-9-12/h2-5,7-9H,1,6,11H2/b7-2+. The van der Waals surface area contributed by atoms with Gasteiger partial charge in [0.2, 0.25) is 0 Å². The number of benzene rings is 1. The van der Waals surface area contributed by atoms with Crippen LogP contribution in [0.4, 0.5) is 0 Å². The molecule has 0 aliphatic rings. The molecule has 84 valence electrons. The van der Waals surface area contributed by atoms with Crippen LogP contribution in [0, 0.1) is 11.3 Å². The van der Waals surface area contributed by atoms with Crippen molar-refractivity contribution >= 4 is 9.84 Å². The van der Waals surface area contributed by atoms with Crippen LogP contribution >= 0.6 is 0 Å². The van der Waals surface area contributed by atoms with E-state index in [9.17, 15) is 8.42 Å². The summed E-state index contributed by atoms with van der Waals surface area (Å²) in [5.74, 6) is -0.0115. The van der Waals surface area contributed by atoms with E-state index in [0.717, 1.165) is 0 Å². The zero-order valence-corrected chi connectivity index (χ0v) is 9.65. The van der Waals surface area contributed by atoms with Gasteiger partial charge in [-0.2, -0.15) is 5.26 Å². The maximum absolute atomic E-state index is 11.7. The summed E-state index contributed by atoms with van der Waals surface area (Å²) in [4.78, 5) is 0.333. The predicted octanol–water partition coefficient (Wildman–Crippen LogP) is 2.32. The Hall–Kier alpha value is -1.60. The zero-order chi connectivity index (χ0) is 11.9. The van der Waals surface area contributed by atoms with Gasteiger partial charge in [-0.15, -0.1) is 0 Å². The van der Waals surface area contributed by atoms with E-state index in [0.29, 0.717) is 17.7 Å². The highest BCUT2D eigenvalue weighted by Crippen LogP contribution is 2.10. The fraction of sp³-hybridized carbons (Fsp3) is 0.250. The van der Waals surface area contributed by atoms with Crippen molar-refractivity contribution in [3.63, 3.8) is 0 Å². The van der Waals surface area contributed by atoms with Gasteiger partial charge < -0.3 is 0 Å². The molecule has 0 unspecified atom stereocenters. The van der Waals surface area contributed by atoms with Crippen LogP contribution in [0.5, 0.6) is 0 Å². The Balaban J connectivity index is 2.61. The maximum Gasteiger partial charge on any atom is 0.181 e. The number of unbranched alkanes of at least 4 members (excludes halogenated alkanes) is 1. The van der Waals surface area contributed by atoms with Gasteiger partial charge in [-0.3, -0.25) is 0 Å². The molecule has 0 atom stereocenters. The molecule has 0 spiro atoms. The first-order chi connectivity index (χ1) is 7.67. The number of hydrogen-bond acceptors (Lipinski definition) is 3. The number of rotatable bonds is 5. The van der Waals surface area contributed by atoms with Crippen LogP contribution in [-0.2, 0) is 9.84 Å². The number of nitriles is 1. The lowest BCUT2D eigenvalue weighted by molar-refractivity contribution is 0.599.